The highest BCUT2D eigenvalue weighted by molar-refractivity contribution is 6.35. The molecule has 3 aromatic rings. The maximum absolute atomic E-state index is 12.5. The lowest BCUT2D eigenvalue weighted by atomic mass is 9.99. The third-order valence-electron chi connectivity index (χ3n) is 3.38. The molecule has 98 valence electrons. The Hall–Kier alpha value is -2.12. The molecule has 0 atom stereocenters. The van der Waals surface area contributed by atoms with Gasteiger partial charge in [0, 0.05) is 11.1 Å². The zero-order valence-electron chi connectivity index (χ0n) is 11.1. The molecule has 0 aliphatic heterocycles. The largest absolute Gasteiger partial charge is 0.289 e. The summed E-state index contributed by atoms with van der Waals surface area (Å²) < 4.78 is 0. The van der Waals surface area contributed by atoms with E-state index in [-0.39, 0.29) is 5.78 Å². The topological polar surface area (TPSA) is 17.1 Å². The van der Waals surface area contributed by atoms with Crippen molar-refractivity contribution in [2.45, 2.75) is 6.92 Å². The number of carbonyl (C=O) groups excluding carboxylic acids is 1. The van der Waals surface area contributed by atoms with Crippen molar-refractivity contribution in [3.8, 4) is 0 Å². The number of halogens is 1. The van der Waals surface area contributed by atoms with Crippen LogP contribution in [0.4, 0.5) is 0 Å². The Morgan fingerprint density at radius 3 is 2.40 bits per heavy atom. The van der Waals surface area contributed by atoms with Gasteiger partial charge in [-0.05, 0) is 41.5 Å². The Bertz CT molecular complexity index is 805. The number of fused-ring (bicyclic) bond motifs is 1. The third-order valence-corrected chi connectivity index (χ3v) is 3.69. The van der Waals surface area contributed by atoms with E-state index in [0.717, 1.165) is 16.3 Å². The molecule has 0 saturated carbocycles. The molecule has 0 saturated heterocycles. The molecule has 0 unspecified atom stereocenters. The van der Waals surface area contributed by atoms with Gasteiger partial charge in [0.15, 0.2) is 5.78 Å². The van der Waals surface area contributed by atoms with Gasteiger partial charge in [-0.1, -0.05) is 54.1 Å². The molecule has 0 radical (unpaired) electrons. The van der Waals surface area contributed by atoms with Gasteiger partial charge in [-0.2, -0.15) is 0 Å². The lowest BCUT2D eigenvalue weighted by Gasteiger charge is -2.06. The molecule has 0 heterocycles. The van der Waals surface area contributed by atoms with Gasteiger partial charge in [-0.3, -0.25) is 4.79 Å². The number of rotatable bonds is 2. The van der Waals surface area contributed by atoms with Crippen molar-refractivity contribution in [2.24, 2.45) is 0 Å². The normalized spacial score (nSPS) is 10.7. The molecule has 0 N–H and O–H groups in total. The first-order chi connectivity index (χ1) is 9.65. The van der Waals surface area contributed by atoms with Crippen LogP contribution < -0.4 is 0 Å². The molecule has 0 spiro atoms. The second kappa shape index (κ2) is 5.10. The van der Waals surface area contributed by atoms with E-state index in [1.807, 2.05) is 61.5 Å². The van der Waals surface area contributed by atoms with E-state index in [4.69, 9.17) is 11.6 Å². The van der Waals surface area contributed by atoms with E-state index in [2.05, 4.69) is 0 Å². The van der Waals surface area contributed by atoms with Crippen LogP contribution in [0.3, 0.4) is 0 Å². The lowest BCUT2D eigenvalue weighted by Crippen LogP contribution is -2.02. The predicted octanol–water partition coefficient (Wildman–Crippen LogP) is 5.03. The number of hydrogen-bond donors (Lipinski definition) is 0. The fraction of sp³-hybridized carbons (Fsp3) is 0.0556. The summed E-state index contributed by atoms with van der Waals surface area (Å²) >= 11 is 6.17. The molecule has 20 heavy (non-hydrogen) atoms. The zero-order valence-corrected chi connectivity index (χ0v) is 11.8. The number of ketones is 1. The summed E-state index contributed by atoms with van der Waals surface area (Å²) in [5, 5.41) is 2.68. The molecule has 0 aliphatic carbocycles. The van der Waals surface area contributed by atoms with Gasteiger partial charge in [-0.25, -0.2) is 0 Å². The fourth-order valence-electron chi connectivity index (χ4n) is 2.29. The first kappa shape index (κ1) is 12.9. The Balaban J connectivity index is 2.08. The molecule has 2 heteroatoms. The minimum Gasteiger partial charge on any atom is -0.289 e. The number of benzene rings is 3. The molecular weight excluding hydrogens is 268 g/mol. The second-order valence-electron chi connectivity index (χ2n) is 4.87. The Morgan fingerprint density at radius 2 is 1.65 bits per heavy atom. The van der Waals surface area contributed by atoms with Crippen LogP contribution in [0.1, 0.15) is 21.5 Å². The molecule has 0 amide bonds. The summed E-state index contributed by atoms with van der Waals surface area (Å²) in [6.07, 6.45) is 0. The SMILES string of the molecule is Cc1ccc(C(=O)c2ccc3ccccc3c2)c(Cl)c1. The molecule has 0 aliphatic rings. The van der Waals surface area contributed by atoms with Gasteiger partial charge in [0.05, 0.1) is 5.02 Å². The van der Waals surface area contributed by atoms with E-state index in [1.54, 1.807) is 6.07 Å². The summed E-state index contributed by atoms with van der Waals surface area (Å²) in [4.78, 5) is 12.5. The van der Waals surface area contributed by atoms with Gasteiger partial charge in [0.25, 0.3) is 0 Å². The predicted molar refractivity (Wildman–Crippen MR) is 83.6 cm³/mol. The van der Waals surface area contributed by atoms with E-state index in [0.29, 0.717) is 16.1 Å². The van der Waals surface area contributed by atoms with E-state index >= 15 is 0 Å². The summed E-state index contributed by atoms with van der Waals surface area (Å²) in [7, 11) is 0. The van der Waals surface area contributed by atoms with Gasteiger partial charge in [-0.15, -0.1) is 0 Å². The van der Waals surface area contributed by atoms with Crippen LogP contribution in [0, 0.1) is 6.92 Å². The van der Waals surface area contributed by atoms with Gasteiger partial charge in [0.2, 0.25) is 0 Å². The van der Waals surface area contributed by atoms with Gasteiger partial charge < -0.3 is 0 Å². The highest BCUT2D eigenvalue weighted by Gasteiger charge is 2.13. The quantitative estimate of drug-likeness (QED) is 0.602. The number of aryl methyl sites for hydroxylation is 1. The average molecular weight is 281 g/mol. The second-order valence-corrected chi connectivity index (χ2v) is 5.28. The zero-order chi connectivity index (χ0) is 14.1. The summed E-state index contributed by atoms with van der Waals surface area (Å²) in [6.45, 7) is 1.95. The van der Waals surface area contributed by atoms with Crippen molar-refractivity contribution in [1.82, 2.24) is 0 Å². The Kier molecular flexibility index (Phi) is 3.29. The molecule has 0 bridgehead atoms. The van der Waals surface area contributed by atoms with Crippen molar-refractivity contribution in [3.05, 3.63) is 82.4 Å². The summed E-state index contributed by atoms with van der Waals surface area (Å²) in [5.74, 6) is -0.0410. The molecule has 1 nitrogen and oxygen atoms in total. The first-order valence-electron chi connectivity index (χ1n) is 6.45. The smallest absolute Gasteiger partial charge is 0.194 e. The van der Waals surface area contributed by atoms with Crippen molar-refractivity contribution < 1.29 is 4.79 Å². The van der Waals surface area contributed by atoms with Gasteiger partial charge in [0.1, 0.15) is 0 Å². The molecule has 3 aromatic carbocycles. The molecular formula is C18H13ClO. The average Bonchev–Trinajstić information content (AvgIpc) is 2.46. The highest BCUT2D eigenvalue weighted by Crippen LogP contribution is 2.23. The van der Waals surface area contributed by atoms with E-state index in [9.17, 15) is 4.79 Å². The summed E-state index contributed by atoms with van der Waals surface area (Å²) in [6, 6.07) is 19.2. The van der Waals surface area contributed by atoms with Crippen LogP contribution in [0.15, 0.2) is 60.7 Å². The summed E-state index contributed by atoms with van der Waals surface area (Å²) in [5.41, 5.74) is 2.26. The molecule has 0 aromatic heterocycles. The monoisotopic (exact) mass is 280 g/mol. The van der Waals surface area contributed by atoms with Crippen LogP contribution >= 0.6 is 11.6 Å². The minimum absolute atomic E-state index is 0.0410. The Labute approximate surface area is 122 Å². The molecule has 0 fully saturated rings. The van der Waals surface area contributed by atoms with Crippen molar-refractivity contribution in [3.63, 3.8) is 0 Å². The molecule has 3 rings (SSSR count). The lowest BCUT2D eigenvalue weighted by molar-refractivity contribution is 0.103. The maximum Gasteiger partial charge on any atom is 0.194 e. The van der Waals surface area contributed by atoms with Crippen LogP contribution in [0.5, 0.6) is 0 Å². The van der Waals surface area contributed by atoms with Crippen molar-refractivity contribution in [1.29, 1.82) is 0 Å². The third kappa shape index (κ3) is 2.33. The highest BCUT2D eigenvalue weighted by atomic mass is 35.5. The van der Waals surface area contributed by atoms with Crippen LogP contribution in [0.25, 0.3) is 10.8 Å². The van der Waals surface area contributed by atoms with Crippen LogP contribution in [-0.2, 0) is 0 Å². The van der Waals surface area contributed by atoms with Gasteiger partial charge >= 0.3 is 0 Å². The van der Waals surface area contributed by atoms with Crippen LogP contribution in [0.2, 0.25) is 5.02 Å². The fourth-order valence-corrected chi connectivity index (χ4v) is 2.61. The first-order valence-corrected chi connectivity index (χ1v) is 6.82. The van der Waals surface area contributed by atoms with E-state index in [1.165, 1.54) is 0 Å². The number of carbonyl (C=O) groups is 1. The number of hydrogen-bond acceptors (Lipinski definition) is 1. The van der Waals surface area contributed by atoms with Crippen LogP contribution in [-0.4, -0.2) is 5.78 Å². The van der Waals surface area contributed by atoms with Crippen molar-refractivity contribution >= 4 is 28.2 Å². The standard InChI is InChI=1S/C18H13ClO/c1-12-6-9-16(17(19)10-12)18(20)15-8-7-13-4-2-3-5-14(13)11-15/h2-11H,1H3. The Morgan fingerprint density at radius 1 is 0.900 bits per heavy atom. The van der Waals surface area contributed by atoms with E-state index < -0.39 is 0 Å². The van der Waals surface area contributed by atoms with Crippen molar-refractivity contribution in [2.75, 3.05) is 0 Å². The minimum atomic E-state index is -0.0410. The maximum atomic E-state index is 12.5.